The number of hydrogen-bond acceptors (Lipinski definition) is 2. The van der Waals surface area contributed by atoms with E-state index in [-0.39, 0.29) is 12.4 Å². The average Bonchev–Trinajstić information content (AvgIpc) is 2.72. The van der Waals surface area contributed by atoms with E-state index < -0.39 is 11.7 Å². The number of benzene rings is 1. The van der Waals surface area contributed by atoms with E-state index in [0.29, 0.717) is 24.2 Å². The molecule has 0 amide bonds. The van der Waals surface area contributed by atoms with E-state index in [1.807, 2.05) is 0 Å². The number of rotatable bonds is 2. The summed E-state index contributed by atoms with van der Waals surface area (Å²) in [5.74, 6) is 0. The van der Waals surface area contributed by atoms with Gasteiger partial charge < -0.3 is 5.32 Å². The van der Waals surface area contributed by atoms with Gasteiger partial charge in [-0.2, -0.15) is 13.2 Å². The maximum absolute atomic E-state index is 13.0. The Hall–Kier alpha value is -0.780. The number of halogens is 4. The first-order valence-electron chi connectivity index (χ1n) is 7.16. The Labute approximate surface area is 129 Å². The molecule has 3 rings (SSSR count). The van der Waals surface area contributed by atoms with Gasteiger partial charge in [-0.1, -0.05) is 18.2 Å². The van der Waals surface area contributed by atoms with E-state index in [2.05, 4.69) is 10.2 Å². The lowest BCUT2D eigenvalue weighted by molar-refractivity contribution is -0.138. The largest absolute Gasteiger partial charge is 0.416 e. The minimum Gasteiger partial charge on any atom is -0.310 e. The molecule has 0 spiro atoms. The van der Waals surface area contributed by atoms with Gasteiger partial charge in [-0.05, 0) is 30.9 Å². The second-order valence-electron chi connectivity index (χ2n) is 5.82. The Morgan fingerprint density at radius 2 is 1.81 bits per heavy atom. The number of nitrogens with zero attached hydrogens (tertiary/aromatic N) is 1. The third kappa shape index (κ3) is 3.90. The molecule has 2 unspecified atom stereocenters. The Kier molecular flexibility index (Phi) is 5.17. The van der Waals surface area contributed by atoms with E-state index in [0.717, 1.165) is 25.9 Å². The zero-order chi connectivity index (χ0) is 14.2. The van der Waals surface area contributed by atoms with E-state index in [1.54, 1.807) is 12.1 Å². The fourth-order valence-electron chi connectivity index (χ4n) is 3.33. The Balaban J connectivity index is 0.00000161. The zero-order valence-corrected chi connectivity index (χ0v) is 12.5. The van der Waals surface area contributed by atoms with Crippen molar-refractivity contribution in [1.82, 2.24) is 10.2 Å². The summed E-state index contributed by atoms with van der Waals surface area (Å²) in [7, 11) is 0. The third-order valence-electron chi connectivity index (χ3n) is 4.32. The lowest BCUT2D eigenvalue weighted by Crippen LogP contribution is -2.35. The summed E-state index contributed by atoms with van der Waals surface area (Å²) in [6.45, 7) is 2.11. The van der Waals surface area contributed by atoms with Crippen LogP contribution in [0.2, 0.25) is 0 Å². The number of nitrogens with one attached hydrogen (secondary N) is 1. The van der Waals surface area contributed by atoms with Gasteiger partial charge in [-0.15, -0.1) is 12.4 Å². The van der Waals surface area contributed by atoms with Gasteiger partial charge in [0.05, 0.1) is 5.56 Å². The van der Waals surface area contributed by atoms with Crippen molar-refractivity contribution < 1.29 is 13.2 Å². The summed E-state index contributed by atoms with van der Waals surface area (Å²) in [4.78, 5) is 2.15. The molecule has 118 valence electrons. The van der Waals surface area contributed by atoms with E-state index in [1.165, 1.54) is 18.6 Å². The van der Waals surface area contributed by atoms with Crippen LogP contribution in [0.25, 0.3) is 0 Å². The number of hydrogen-bond donors (Lipinski definition) is 1. The van der Waals surface area contributed by atoms with E-state index >= 15 is 0 Å². The maximum atomic E-state index is 13.0. The van der Waals surface area contributed by atoms with E-state index in [4.69, 9.17) is 0 Å². The minimum absolute atomic E-state index is 0. The predicted molar refractivity (Wildman–Crippen MR) is 78.5 cm³/mol. The normalized spacial score (nSPS) is 26.2. The van der Waals surface area contributed by atoms with Gasteiger partial charge in [0.25, 0.3) is 0 Å². The van der Waals surface area contributed by atoms with Crippen molar-refractivity contribution in [3.8, 4) is 0 Å². The third-order valence-corrected chi connectivity index (χ3v) is 4.32. The highest BCUT2D eigenvalue weighted by Gasteiger charge is 2.34. The second kappa shape index (κ2) is 6.55. The number of likely N-dealkylation sites (tertiary alicyclic amines) is 1. The zero-order valence-electron chi connectivity index (χ0n) is 11.7. The first kappa shape index (κ1) is 16.6. The van der Waals surface area contributed by atoms with Crippen LogP contribution in [0.15, 0.2) is 24.3 Å². The van der Waals surface area contributed by atoms with Crippen molar-refractivity contribution in [2.24, 2.45) is 0 Å². The van der Waals surface area contributed by atoms with Crippen molar-refractivity contribution in [3.05, 3.63) is 35.4 Å². The molecule has 2 saturated heterocycles. The number of fused-ring (bicyclic) bond motifs is 2. The van der Waals surface area contributed by atoms with Crippen molar-refractivity contribution in [1.29, 1.82) is 0 Å². The van der Waals surface area contributed by atoms with Gasteiger partial charge in [0.2, 0.25) is 0 Å². The summed E-state index contributed by atoms with van der Waals surface area (Å²) in [5.41, 5.74) is -0.111. The molecule has 0 radical (unpaired) electrons. The molecular weight excluding hydrogens is 301 g/mol. The summed E-state index contributed by atoms with van der Waals surface area (Å²) in [5, 5.41) is 3.55. The molecule has 1 N–H and O–H groups in total. The maximum Gasteiger partial charge on any atom is 0.416 e. The van der Waals surface area contributed by atoms with Gasteiger partial charge in [-0.25, -0.2) is 0 Å². The predicted octanol–water partition coefficient (Wildman–Crippen LogP) is 3.45. The van der Waals surface area contributed by atoms with Crippen LogP contribution >= 0.6 is 12.4 Å². The highest BCUT2D eigenvalue weighted by molar-refractivity contribution is 5.85. The van der Waals surface area contributed by atoms with Crippen LogP contribution in [0.5, 0.6) is 0 Å². The van der Waals surface area contributed by atoms with E-state index in [9.17, 15) is 13.2 Å². The fourth-order valence-corrected chi connectivity index (χ4v) is 3.33. The minimum atomic E-state index is -4.26. The molecule has 0 saturated carbocycles. The van der Waals surface area contributed by atoms with Crippen molar-refractivity contribution in [3.63, 3.8) is 0 Å². The Morgan fingerprint density at radius 1 is 1.10 bits per heavy atom. The lowest BCUT2D eigenvalue weighted by Gasteiger charge is -2.25. The molecule has 1 aromatic rings. The molecule has 6 heteroatoms. The highest BCUT2D eigenvalue weighted by Crippen LogP contribution is 2.32. The molecule has 2 atom stereocenters. The Bertz CT molecular complexity index is 478. The summed E-state index contributed by atoms with van der Waals surface area (Å²) in [6.07, 6.45) is -0.885. The highest BCUT2D eigenvalue weighted by atomic mass is 35.5. The van der Waals surface area contributed by atoms with Crippen LogP contribution in [0.3, 0.4) is 0 Å². The fraction of sp³-hybridized carbons (Fsp3) is 0.600. The smallest absolute Gasteiger partial charge is 0.310 e. The van der Waals surface area contributed by atoms with Gasteiger partial charge in [-0.3, -0.25) is 4.90 Å². The molecule has 1 aromatic carbocycles. The van der Waals surface area contributed by atoms with Crippen molar-refractivity contribution in [2.45, 2.75) is 44.1 Å². The molecule has 2 aliphatic rings. The SMILES string of the molecule is Cl.FC(F)(F)c1ccccc1CN1CCC2CCC(C1)N2. The molecule has 2 nitrogen and oxygen atoms in total. The van der Waals surface area contributed by atoms with Crippen molar-refractivity contribution >= 4 is 12.4 Å². The summed E-state index contributed by atoms with van der Waals surface area (Å²) in [6, 6.07) is 6.92. The molecule has 21 heavy (non-hydrogen) atoms. The van der Waals surface area contributed by atoms with Crippen LogP contribution in [0.4, 0.5) is 13.2 Å². The van der Waals surface area contributed by atoms with Crippen LogP contribution in [0.1, 0.15) is 30.4 Å². The molecule has 0 aromatic heterocycles. The van der Waals surface area contributed by atoms with Crippen LogP contribution in [0, 0.1) is 0 Å². The van der Waals surface area contributed by atoms with Gasteiger partial charge in [0, 0.05) is 31.7 Å². The van der Waals surface area contributed by atoms with Crippen LogP contribution < -0.4 is 5.32 Å². The lowest BCUT2D eigenvalue weighted by atomic mass is 10.0. The molecule has 2 heterocycles. The average molecular weight is 321 g/mol. The topological polar surface area (TPSA) is 15.3 Å². The van der Waals surface area contributed by atoms with Crippen molar-refractivity contribution in [2.75, 3.05) is 13.1 Å². The van der Waals surface area contributed by atoms with Gasteiger partial charge in [0.15, 0.2) is 0 Å². The number of alkyl halides is 3. The second-order valence-corrected chi connectivity index (χ2v) is 5.82. The standard InChI is InChI=1S/C15H19F3N2.ClH/c16-15(17,18)14-4-2-1-3-11(14)9-20-8-7-12-5-6-13(10-20)19-12;/h1-4,12-13,19H,5-10H2;1H. The summed E-state index contributed by atoms with van der Waals surface area (Å²) >= 11 is 0. The summed E-state index contributed by atoms with van der Waals surface area (Å²) < 4.78 is 39.0. The Morgan fingerprint density at radius 3 is 2.57 bits per heavy atom. The van der Waals surface area contributed by atoms with Gasteiger partial charge >= 0.3 is 6.18 Å². The molecule has 0 aliphatic carbocycles. The molecule has 2 fully saturated rings. The van der Waals surface area contributed by atoms with Crippen LogP contribution in [-0.4, -0.2) is 30.1 Å². The molecular formula is C15H20ClF3N2. The quantitative estimate of drug-likeness (QED) is 0.898. The first-order valence-corrected chi connectivity index (χ1v) is 7.16. The van der Waals surface area contributed by atoms with Crippen LogP contribution in [-0.2, 0) is 12.7 Å². The first-order chi connectivity index (χ1) is 9.52. The molecule has 2 bridgehead atoms. The van der Waals surface area contributed by atoms with Gasteiger partial charge in [0.1, 0.15) is 0 Å². The molecule has 2 aliphatic heterocycles. The monoisotopic (exact) mass is 320 g/mol.